The maximum Gasteiger partial charge on any atom is 0.142 e. The first-order valence-electron chi connectivity index (χ1n) is 6.18. The molecule has 0 bridgehead atoms. The van der Waals surface area contributed by atoms with E-state index in [4.69, 9.17) is 11.6 Å². The molecule has 0 aromatic heterocycles. The van der Waals surface area contributed by atoms with E-state index in [9.17, 15) is 13.2 Å². The number of likely N-dealkylation sites (N-methyl/N-ethyl adjacent to an activating group) is 1. The van der Waals surface area contributed by atoms with Crippen LogP contribution in [0, 0.1) is 17.5 Å². The highest BCUT2D eigenvalue weighted by Crippen LogP contribution is 2.28. The van der Waals surface area contributed by atoms with E-state index in [-0.39, 0.29) is 16.4 Å². The summed E-state index contributed by atoms with van der Waals surface area (Å²) in [5.74, 6) is -1.62. The molecule has 112 valence electrons. The molecule has 1 nitrogen and oxygen atoms in total. The minimum Gasteiger partial charge on any atom is -0.313 e. The molecule has 0 fully saturated rings. The topological polar surface area (TPSA) is 12.0 Å². The molecular weight excluding hydrogens is 367 g/mol. The molecule has 1 N–H and O–H groups in total. The van der Waals surface area contributed by atoms with E-state index in [2.05, 4.69) is 21.2 Å². The van der Waals surface area contributed by atoms with E-state index < -0.39 is 17.7 Å². The lowest BCUT2D eigenvalue weighted by molar-refractivity contribution is 0.522. The maximum absolute atomic E-state index is 14.0. The van der Waals surface area contributed by atoms with Crippen molar-refractivity contribution in [2.45, 2.75) is 12.5 Å². The van der Waals surface area contributed by atoms with Crippen LogP contribution in [-0.2, 0) is 6.42 Å². The molecule has 0 saturated heterocycles. The van der Waals surface area contributed by atoms with E-state index in [1.165, 1.54) is 12.1 Å². The van der Waals surface area contributed by atoms with Crippen LogP contribution in [0.1, 0.15) is 17.2 Å². The molecule has 2 aromatic carbocycles. The average Bonchev–Trinajstić information content (AvgIpc) is 2.43. The minimum absolute atomic E-state index is 0.177. The normalized spacial score (nSPS) is 12.5. The van der Waals surface area contributed by atoms with Crippen molar-refractivity contribution in [3.8, 4) is 0 Å². The molecule has 6 heteroatoms. The van der Waals surface area contributed by atoms with Gasteiger partial charge in [0.05, 0.1) is 5.02 Å². The Morgan fingerprint density at radius 2 is 1.86 bits per heavy atom. The Balaban J connectivity index is 2.34. The fourth-order valence-corrected chi connectivity index (χ4v) is 2.74. The molecule has 1 unspecified atom stereocenters. The quantitative estimate of drug-likeness (QED) is 0.736. The van der Waals surface area contributed by atoms with Crippen molar-refractivity contribution < 1.29 is 13.2 Å². The smallest absolute Gasteiger partial charge is 0.142 e. The lowest BCUT2D eigenvalue weighted by atomic mass is 9.98. The van der Waals surface area contributed by atoms with E-state index in [1.807, 2.05) is 0 Å². The van der Waals surface area contributed by atoms with Gasteiger partial charge in [-0.2, -0.15) is 0 Å². The Bertz CT molecular complexity index is 664. The first-order valence-corrected chi connectivity index (χ1v) is 7.35. The Hall–Kier alpha value is -1.04. The minimum atomic E-state index is -0.675. The maximum atomic E-state index is 14.0. The molecule has 0 aliphatic carbocycles. The third kappa shape index (κ3) is 3.78. The van der Waals surface area contributed by atoms with E-state index >= 15 is 0 Å². The van der Waals surface area contributed by atoms with Crippen molar-refractivity contribution in [3.63, 3.8) is 0 Å². The molecule has 21 heavy (non-hydrogen) atoms. The van der Waals surface area contributed by atoms with Crippen LogP contribution in [0.2, 0.25) is 5.02 Å². The van der Waals surface area contributed by atoms with Gasteiger partial charge in [-0.25, -0.2) is 13.2 Å². The lowest BCUT2D eigenvalue weighted by Gasteiger charge is -2.19. The van der Waals surface area contributed by atoms with Crippen LogP contribution in [0.15, 0.2) is 34.8 Å². The molecule has 0 amide bonds. The Morgan fingerprint density at radius 1 is 1.14 bits per heavy atom. The van der Waals surface area contributed by atoms with Gasteiger partial charge < -0.3 is 5.32 Å². The molecule has 2 aromatic rings. The van der Waals surface area contributed by atoms with E-state index in [0.29, 0.717) is 10.9 Å². The molecule has 0 aliphatic heterocycles. The predicted molar refractivity (Wildman–Crippen MR) is 81.0 cm³/mol. The van der Waals surface area contributed by atoms with Gasteiger partial charge >= 0.3 is 0 Å². The van der Waals surface area contributed by atoms with Gasteiger partial charge in [-0.15, -0.1) is 0 Å². The van der Waals surface area contributed by atoms with Gasteiger partial charge in [-0.1, -0.05) is 33.6 Å². The van der Waals surface area contributed by atoms with Gasteiger partial charge in [0, 0.05) is 16.1 Å². The van der Waals surface area contributed by atoms with Crippen molar-refractivity contribution in [3.05, 3.63) is 68.4 Å². The fraction of sp³-hybridized carbons (Fsp3) is 0.200. The Labute approximate surface area is 134 Å². The fourth-order valence-electron chi connectivity index (χ4n) is 2.08. The van der Waals surface area contributed by atoms with Crippen LogP contribution < -0.4 is 5.32 Å². The average molecular weight is 379 g/mol. The van der Waals surface area contributed by atoms with Crippen LogP contribution in [-0.4, -0.2) is 7.05 Å². The van der Waals surface area contributed by atoms with Crippen molar-refractivity contribution in [1.29, 1.82) is 0 Å². The van der Waals surface area contributed by atoms with Gasteiger partial charge in [0.2, 0.25) is 0 Å². The monoisotopic (exact) mass is 377 g/mol. The van der Waals surface area contributed by atoms with Crippen molar-refractivity contribution >= 4 is 27.5 Å². The van der Waals surface area contributed by atoms with Gasteiger partial charge in [-0.05, 0) is 43.3 Å². The second kappa shape index (κ2) is 6.81. The number of hydrogen-bond acceptors (Lipinski definition) is 1. The third-order valence-electron chi connectivity index (χ3n) is 3.20. The van der Waals surface area contributed by atoms with E-state index in [1.54, 1.807) is 13.1 Å². The zero-order valence-electron chi connectivity index (χ0n) is 11.1. The highest BCUT2D eigenvalue weighted by Gasteiger charge is 2.18. The Kier molecular flexibility index (Phi) is 5.30. The van der Waals surface area contributed by atoms with Crippen molar-refractivity contribution in [1.82, 2.24) is 5.32 Å². The van der Waals surface area contributed by atoms with Gasteiger partial charge in [0.25, 0.3) is 0 Å². The number of benzene rings is 2. The first-order chi connectivity index (χ1) is 9.92. The molecule has 0 saturated carbocycles. The number of nitrogens with one attached hydrogen (secondary N) is 1. The standard InChI is InChI=1S/C15H12BrClF3N/c1-21-15(4-8-2-3-9(18)5-11(8)16)10-6-14(20)12(17)7-13(10)19/h2-3,5-7,15,21H,4H2,1H3. The summed E-state index contributed by atoms with van der Waals surface area (Å²) in [6, 6.07) is 5.84. The molecule has 0 radical (unpaired) electrons. The molecule has 0 heterocycles. The highest BCUT2D eigenvalue weighted by atomic mass is 79.9. The van der Waals surface area contributed by atoms with E-state index in [0.717, 1.165) is 17.7 Å². The molecule has 1 atom stereocenters. The van der Waals surface area contributed by atoms with Gasteiger partial charge in [0.15, 0.2) is 0 Å². The lowest BCUT2D eigenvalue weighted by Crippen LogP contribution is -2.20. The van der Waals surface area contributed by atoms with Gasteiger partial charge in [0.1, 0.15) is 17.5 Å². The van der Waals surface area contributed by atoms with Crippen molar-refractivity contribution in [2.24, 2.45) is 0 Å². The van der Waals surface area contributed by atoms with Crippen LogP contribution in [0.25, 0.3) is 0 Å². The molecular formula is C15H12BrClF3N. The van der Waals surface area contributed by atoms with Crippen LogP contribution >= 0.6 is 27.5 Å². The molecule has 0 aliphatic rings. The summed E-state index contributed by atoms with van der Waals surface area (Å²) in [4.78, 5) is 0. The highest BCUT2D eigenvalue weighted by molar-refractivity contribution is 9.10. The van der Waals surface area contributed by atoms with Crippen LogP contribution in [0.4, 0.5) is 13.2 Å². The SMILES string of the molecule is CNC(Cc1ccc(F)cc1Br)c1cc(F)c(Cl)cc1F. The zero-order valence-corrected chi connectivity index (χ0v) is 13.4. The van der Waals surface area contributed by atoms with Crippen LogP contribution in [0.3, 0.4) is 0 Å². The number of halogens is 5. The zero-order chi connectivity index (χ0) is 15.6. The summed E-state index contributed by atoms with van der Waals surface area (Å²) < 4.78 is 41.2. The number of rotatable bonds is 4. The number of hydrogen-bond donors (Lipinski definition) is 1. The second-order valence-electron chi connectivity index (χ2n) is 4.57. The van der Waals surface area contributed by atoms with Gasteiger partial charge in [-0.3, -0.25) is 0 Å². The molecule has 2 rings (SSSR count). The Morgan fingerprint density at radius 3 is 2.48 bits per heavy atom. The first kappa shape index (κ1) is 16.3. The summed E-state index contributed by atoms with van der Waals surface area (Å²) >= 11 is 8.82. The third-order valence-corrected chi connectivity index (χ3v) is 4.23. The summed E-state index contributed by atoms with van der Waals surface area (Å²) in [6.45, 7) is 0. The van der Waals surface area contributed by atoms with Crippen LogP contribution in [0.5, 0.6) is 0 Å². The largest absolute Gasteiger partial charge is 0.313 e. The summed E-state index contributed by atoms with van der Waals surface area (Å²) in [7, 11) is 1.65. The summed E-state index contributed by atoms with van der Waals surface area (Å²) in [6.07, 6.45) is 0.370. The predicted octanol–water partition coefficient (Wildman–Crippen LogP) is 5.02. The van der Waals surface area contributed by atoms with Crippen molar-refractivity contribution in [2.75, 3.05) is 7.05 Å². The molecule has 0 spiro atoms. The summed E-state index contributed by atoms with van der Waals surface area (Å²) in [5, 5.41) is 2.68. The second-order valence-corrected chi connectivity index (χ2v) is 5.83. The summed E-state index contributed by atoms with van der Waals surface area (Å²) in [5.41, 5.74) is 0.959.